The highest BCUT2D eigenvalue weighted by Gasteiger charge is 2.13. The van der Waals surface area contributed by atoms with Crippen LogP contribution < -0.4 is 10.1 Å². The van der Waals surface area contributed by atoms with Crippen LogP contribution in [0.2, 0.25) is 0 Å². The largest absolute Gasteiger partial charge is 0.494 e. The van der Waals surface area contributed by atoms with E-state index in [4.69, 9.17) is 4.74 Å². The molecule has 7 nitrogen and oxygen atoms in total. The van der Waals surface area contributed by atoms with Crippen molar-refractivity contribution in [2.45, 2.75) is 12.1 Å². The number of aromatic amines is 1. The molecule has 0 atom stereocenters. The number of amides is 1. The number of nitrogens with one attached hydrogen (secondary N) is 2. The van der Waals surface area contributed by atoms with Crippen molar-refractivity contribution in [2.24, 2.45) is 0 Å². The predicted octanol–water partition coefficient (Wildman–Crippen LogP) is 3.34. The van der Waals surface area contributed by atoms with Crippen molar-refractivity contribution in [3.8, 4) is 5.75 Å². The molecule has 0 spiro atoms. The number of anilines is 1. The Hall–Kier alpha value is -3.00. The molecule has 2 aromatic heterocycles. The summed E-state index contributed by atoms with van der Waals surface area (Å²) in [4.78, 5) is 16.7. The Morgan fingerprint density at radius 1 is 1.23 bits per heavy atom. The average molecular weight is 367 g/mol. The number of carbonyl (C=O) groups excluding carboxylic acids is 1. The summed E-state index contributed by atoms with van der Waals surface area (Å²) >= 11 is 1.36. The third kappa shape index (κ3) is 3.23. The maximum absolute atomic E-state index is 12.2. The van der Waals surface area contributed by atoms with Gasteiger partial charge in [-0.3, -0.25) is 9.20 Å². The molecular weight excluding hydrogens is 350 g/mol. The molecule has 0 radical (unpaired) electrons. The molecule has 0 saturated heterocycles. The Labute approximate surface area is 153 Å². The lowest BCUT2D eigenvalue weighted by molar-refractivity contribution is -0.113. The van der Waals surface area contributed by atoms with Crippen LogP contribution in [0.1, 0.15) is 6.92 Å². The summed E-state index contributed by atoms with van der Waals surface area (Å²) in [6, 6.07) is 15.1. The number of ether oxygens (including phenoxy) is 1. The van der Waals surface area contributed by atoms with E-state index < -0.39 is 0 Å². The minimum atomic E-state index is -0.0975. The molecule has 1 amide bonds. The predicted molar refractivity (Wildman–Crippen MR) is 102 cm³/mol. The van der Waals surface area contributed by atoms with Crippen molar-refractivity contribution < 1.29 is 9.53 Å². The second kappa shape index (κ2) is 7.09. The number of H-pyrrole nitrogens is 1. The van der Waals surface area contributed by atoms with Gasteiger partial charge in [0.05, 0.1) is 23.4 Å². The SMILES string of the molecule is CCOc1ccc(NC(=O)CSc2n[nH]c3nc4ccccc4n23)cc1. The van der Waals surface area contributed by atoms with Crippen LogP contribution in [0.3, 0.4) is 0 Å². The van der Waals surface area contributed by atoms with Gasteiger partial charge in [-0.15, -0.1) is 5.10 Å². The lowest BCUT2D eigenvalue weighted by atomic mass is 10.3. The highest BCUT2D eigenvalue weighted by atomic mass is 32.2. The number of nitrogens with zero attached hydrogens (tertiary/aromatic N) is 3. The molecule has 2 aromatic carbocycles. The fourth-order valence-electron chi connectivity index (χ4n) is 2.67. The van der Waals surface area contributed by atoms with Crippen LogP contribution in [0.5, 0.6) is 5.75 Å². The van der Waals surface area contributed by atoms with E-state index in [2.05, 4.69) is 20.5 Å². The van der Waals surface area contributed by atoms with Gasteiger partial charge in [-0.2, -0.15) is 0 Å². The minimum Gasteiger partial charge on any atom is -0.494 e. The molecule has 26 heavy (non-hydrogen) atoms. The monoisotopic (exact) mass is 367 g/mol. The summed E-state index contributed by atoms with van der Waals surface area (Å²) in [6.45, 7) is 2.55. The quantitative estimate of drug-likeness (QED) is 0.511. The molecule has 2 heterocycles. The summed E-state index contributed by atoms with van der Waals surface area (Å²) in [5.41, 5.74) is 2.59. The molecule has 0 aliphatic heterocycles. The number of hydrogen-bond acceptors (Lipinski definition) is 5. The van der Waals surface area contributed by atoms with E-state index in [9.17, 15) is 4.79 Å². The van der Waals surface area contributed by atoms with Crippen molar-refractivity contribution >= 4 is 40.2 Å². The number of benzene rings is 2. The molecule has 2 N–H and O–H groups in total. The number of fused-ring (bicyclic) bond motifs is 3. The van der Waals surface area contributed by atoms with Crippen LogP contribution in [-0.2, 0) is 4.79 Å². The van der Waals surface area contributed by atoms with Gasteiger partial charge in [-0.1, -0.05) is 23.9 Å². The standard InChI is InChI=1S/C18H17N5O2S/c1-2-25-13-9-7-12(8-10-13)19-16(24)11-26-18-22-21-17-20-14-5-3-4-6-15(14)23(17)18/h3-10H,2,11H2,1H3,(H,19,24)(H,20,21). The summed E-state index contributed by atoms with van der Waals surface area (Å²) in [5, 5.41) is 10.7. The van der Waals surface area contributed by atoms with Gasteiger partial charge in [0.15, 0.2) is 5.16 Å². The lowest BCUT2D eigenvalue weighted by Crippen LogP contribution is -2.14. The molecule has 0 unspecified atom stereocenters. The van der Waals surface area contributed by atoms with Crippen molar-refractivity contribution in [3.05, 3.63) is 48.5 Å². The Bertz CT molecular complexity index is 1050. The van der Waals surface area contributed by atoms with E-state index in [0.717, 1.165) is 22.5 Å². The number of imidazole rings is 1. The summed E-state index contributed by atoms with van der Waals surface area (Å²) in [7, 11) is 0. The Morgan fingerprint density at radius 2 is 2.04 bits per heavy atom. The Kier molecular flexibility index (Phi) is 4.49. The van der Waals surface area contributed by atoms with Crippen molar-refractivity contribution in [3.63, 3.8) is 0 Å². The van der Waals surface area contributed by atoms with Gasteiger partial charge in [0, 0.05) is 5.69 Å². The summed E-state index contributed by atoms with van der Waals surface area (Å²) in [6.07, 6.45) is 0. The fourth-order valence-corrected chi connectivity index (χ4v) is 3.42. The molecule has 4 rings (SSSR count). The highest BCUT2D eigenvalue weighted by Crippen LogP contribution is 2.23. The minimum absolute atomic E-state index is 0.0975. The van der Waals surface area contributed by atoms with Crippen LogP contribution in [0.25, 0.3) is 16.8 Å². The normalized spacial score (nSPS) is 11.1. The first-order chi connectivity index (χ1) is 12.7. The second-order valence-electron chi connectivity index (χ2n) is 5.56. The average Bonchev–Trinajstić information content (AvgIpc) is 3.21. The summed E-state index contributed by atoms with van der Waals surface area (Å²) < 4.78 is 7.31. The zero-order valence-electron chi connectivity index (χ0n) is 14.1. The van der Waals surface area contributed by atoms with Gasteiger partial charge in [0.1, 0.15) is 5.75 Å². The maximum atomic E-state index is 12.2. The molecule has 0 aliphatic rings. The van der Waals surface area contributed by atoms with E-state index in [1.807, 2.05) is 59.9 Å². The van der Waals surface area contributed by atoms with E-state index in [1.54, 1.807) is 0 Å². The van der Waals surface area contributed by atoms with Gasteiger partial charge in [-0.25, -0.2) is 10.1 Å². The van der Waals surface area contributed by atoms with Gasteiger partial charge in [-0.05, 0) is 43.3 Å². The van der Waals surface area contributed by atoms with Crippen LogP contribution in [0.15, 0.2) is 53.7 Å². The molecule has 8 heteroatoms. The highest BCUT2D eigenvalue weighted by molar-refractivity contribution is 7.99. The molecule has 0 aliphatic carbocycles. The van der Waals surface area contributed by atoms with E-state index in [0.29, 0.717) is 17.5 Å². The number of para-hydroxylation sites is 2. The lowest BCUT2D eigenvalue weighted by Gasteiger charge is -2.06. The van der Waals surface area contributed by atoms with Gasteiger partial charge >= 0.3 is 0 Å². The van der Waals surface area contributed by atoms with Gasteiger partial charge in [0.25, 0.3) is 0 Å². The van der Waals surface area contributed by atoms with Gasteiger partial charge in [0.2, 0.25) is 11.7 Å². The molecule has 0 bridgehead atoms. The van der Waals surface area contributed by atoms with Crippen LogP contribution in [-0.4, -0.2) is 37.8 Å². The van der Waals surface area contributed by atoms with Crippen LogP contribution in [0, 0.1) is 0 Å². The number of carbonyl (C=O) groups is 1. The smallest absolute Gasteiger partial charge is 0.234 e. The van der Waals surface area contributed by atoms with Crippen molar-refractivity contribution in [1.82, 2.24) is 19.6 Å². The topological polar surface area (TPSA) is 84.3 Å². The van der Waals surface area contributed by atoms with Crippen molar-refractivity contribution in [2.75, 3.05) is 17.7 Å². The first-order valence-corrected chi connectivity index (χ1v) is 9.20. The second-order valence-corrected chi connectivity index (χ2v) is 6.50. The first-order valence-electron chi connectivity index (χ1n) is 8.21. The Balaban J connectivity index is 1.43. The molecule has 132 valence electrons. The molecular formula is C18H17N5O2S. The Morgan fingerprint density at radius 3 is 2.85 bits per heavy atom. The first kappa shape index (κ1) is 16.5. The van der Waals surface area contributed by atoms with Crippen LogP contribution in [0.4, 0.5) is 5.69 Å². The zero-order valence-corrected chi connectivity index (χ0v) is 14.9. The third-order valence-electron chi connectivity index (χ3n) is 3.79. The maximum Gasteiger partial charge on any atom is 0.234 e. The van der Waals surface area contributed by atoms with Crippen LogP contribution >= 0.6 is 11.8 Å². The van der Waals surface area contributed by atoms with E-state index in [1.165, 1.54) is 11.8 Å². The number of hydrogen-bond donors (Lipinski definition) is 2. The van der Waals surface area contributed by atoms with E-state index in [-0.39, 0.29) is 11.7 Å². The zero-order chi connectivity index (χ0) is 17.9. The van der Waals surface area contributed by atoms with E-state index >= 15 is 0 Å². The molecule has 4 aromatic rings. The fraction of sp³-hybridized carbons (Fsp3) is 0.167. The third-order valence-corrected chi connectivity index (χ3v) is 4.72. The molecule has 0 fully saturated rings. The molecule has 0 saturated carbocycles. The van der Waals surface area contributed by atoms with Crippen molar-refractivity contribution in [1.29, 1.82) is 0 Å². The number of aromatic nitrogens is 4. The number of thioether (sulfide) groups is 1. The van der Waals surface area contributed by atoms with Gasteiger partial charge < -0.3 is 10.1 Å². The summed E-state index contributed by atoms with van der Waals surface area (Å²) in [5.74, 6) is 1.60. The number of rotatable bonds is 6.